The van der Waals surface area contributed by atoms with Gasteiger partial charge in [0.05, 0.1) is 11.1 Å². The van der Waals surface area contributed by atoms with Crippen molar-refractivity contribution in [3.8, 4) is 11.4 Å². The van der Waals surface area contributed by atoms with Crippen LogP contribution >= 0.6 is 35.4 Å². The van der Waals surface area contributed by atoms with Crippen LogP contribution in [0, 0.1) is 14.9 Å². The van der Waals surface area contributed by atoms with Gasteiger partial charge in [-0.25, -0.2) is 5.10 Å². The van der Waals surface area contributed by atoms with Crippen molar-refractivity contribution in [3.05, 3.63) is 73.0 Å². The van der Waals surface area contributed by atoms with Gasteiger partial charge in [0.1, 0.15) is 5.02 Å². The summed E-state index contributed by atoms with van der Waals surface area (Å²) in [5, 5.41) is 22.6. The van der Waals surface area contributed by atoms with E-state index >= 15 is 0 Å². The van der Waals surface area contributed by atoms with Crippen LogP contribution in [0.3, 0.4) is 0 Å². The zero-order chi connectivity index (χ0) is 18.0. The molecule has 0 unspecified atom stereocenters. The molecule has 0 saturated carbocycles. The maximum absolute atomic E-state index is 11.0. The van der Waals surface area contributed by atoms with Crippen molar-refractivity contribution in [1.82, 2.24) is 14.9 Å². The zero-order valence-electron chi connectivity index (χ0n) is 12.4. The van der Waals surface area contributed by atoms with Crippen molar-refractivity contribution in [1.29, 1.82) is 0 Å². The van der Waals surface area contributed by atoms with E-state index in [0.29, 0.717) is 16.4 Å². The van der Waals surface area contributed by atoms with Gasteiger partial charge in [0.2, 0.25) is 4.77 Å². The van der Waals surface area contributed by atoms with Crippen LogP contribution < -0.4 is 0 Å². The second-order valence-corrected chi connectivity index (χ2v) is 6.12. The van der Waals surface area contributed by atoms with Gasteiger partial charge in [-0.05, 0) is 30.4 Å². The summed E-state index contributed by atoms with van der Waals surface area (Å²) in [4.78, 5) is 10.4. The molecule has 0 atom stereocenters. The van der Waals surface area contributed by atoms with Crippen molar-refractivity contribution in [3.63, 3.8) is 0 Å². The SMILES string of the molecule is O=[N+]([O-])c1cc(/C=N\n2c(-c3cccc(Cl)c3)n[nH]c2=S)ccc1Cl. The molecule has 0 aliphatic rings. The van der Waals surface area contributed by atoms with Crippen molar-refractivity contribution >= 4 is 47.3 Å². The van der Waals surface area contributed by atoms with E-state index in [2.05, 4.69) is 15.3 Å². The summed E-state index contributed by atoms with van der Waals surface area (Å²) >= 11 is 17.0. The van der Waals surface area contributed by atoms with E-state index in [1.54, 1.807) is 24.3 Å². The molecule has 0 radical (unpaired) electrons. The third-order valence-corrected chi connectivity index (χ3v) is 4.04. The van der Waals surface area contributed by atoms with E-state index in [1.807, 2.05) is 6.07 Å². The first-order valence-corrected chi connectivity index (χ1v) is 8.04. The minimum absolute atomic E-state index is 0.0571. The molecule has 1 heterocycles. The molecule has 10 heteroatoms. The van der Waals surface area contributed by atoms with Crippen molar-refractivity contribution in [2.45, 2.75) is 0 Å². The lowest BCUT2D eigenvalue weighted by atomic mass is 10.2. The molecule has 0 aliphatic heterocycles. The minimum atomic E-state index is -0.555. The number of nitrogens with one attached hydrogen (secondary N) is 1. The summed E-state index contributed by atoms with van der Waals surface area (Å²) in [6.07, 6.45) is 1.43. The first kappa shape index (κ1) is 17.3. The molecule has 0 amide bonds. The summed E-state index contributed by atoms with van der Waals surface area (Å²) in [6, 6.07) is 11.4. The number of aromatic amines is 1. The van der Waals surface area contributed by atoms with Gasteiger partial charge in [-0.2, -0.15) is 14.9 Å². The molecule has 126 valence electrons. The number of nitro groups is 1. The van der Waals surface area contributed by atoms with Gasteiger partial charge in [0, 0.05) is 22.2 Å². The molecule has 2 aromatic carbocycles. The fourth-order valence-corrected chi connectivity index (χ4v) is 2.64. The quantitative estimate of drug-likeness (QED) is 0.301. The van der Waals surface area contributed by atoms with Gasteiger partial charge in [0.15, 0.2) is 5.82 Å². The van der Waals surface area contributed by atoms with Crippen LogP contribution in [0.15, 0.2) is 47.6 Å². The van der Waals surface area contributed by atoms with E-state index in [4.69, 9.17) is 35.4 Å². The van der Waals surface area contributed by atoms with Crippen LogP contribution in [0.1, 0.15) is 5.56 Å². The summed E-state index contributed by atoms with van der Waals surface area (Å²) in [5.74, 6) is 0.465. The van der Waals surface area contributed by atoms with Gasteiger partial charge in [-0.3, -0.25) is 10.1 Å². The van der Waals surface area contributed by atoms with Crippen LogP contribution in [-0.2, 0) is 0 Å². The zero-order valence-corrected chi connectivity index (χ0v) is 14.7. The van der Waals surface area contributed by atoms with Crippen LogP contribution in [0.2, 0.25) is 10.0 Å². The van der Waals surface area contributed by atoms with E-state index < -0.39 is 4.92 Å². The first-order valence-electron chi connectivity index (χ1n) is 6.87. The van der Waals surface area contributed by atoms with E-state index in [0.717, 1.165) is 5.56 Å². The topological polar surface area (TPSA) is 89.1 Å². The Labute approximate surface area is 156 Å². The van der Waals surface area contributed by atoms with Gasteiger partial charge in [0.25, 0.3) is 5.69 Å². The van der Waals surface area contributed by atoms with Crippen LogP contribution in [-0.4, -0.2) is 26.0 Å². The molecule has 0 fully saturated rings. The van der Waals surface area contributed by atoms with Crippen molar-refractivity contribution < 1.29 is 4.92 Å². The number of hydrogen-bond acceptors (Lipinski definition) is 5. The highest BCUT2D eigenvalue weighted by Crippen LogP contribution is 2.25. The predicted octanol–water partition coefficient (Wildman–Crippen LogP) is 4.70. The molecule has 3 aromatic rings. The Morgan fingerprint density at radius 3 is 2.80 bits per heavy atom. The fraction of sp³-hybridized carbons (Fsp3) is 0. The van der Waals surface area contributed by atoms with E-state index in [1.165, 1.54) is 23.0 Å². The molecule has 0 saturated heterocycles. The molecule has 0 bridgehead atoms. The fourth-order valence-electron chi connectivity index (χ4n) is 2.09. The Morgan fingerprint density at radius 2 is 2.08 bits per heavy atom. The molecule has 1 aromatic heterocycles. The predicted molar refractivity (Wildman–Crippen MR) is 99.0 cm³/mol. The van der Waals surface area contributed by atoms with E-state index in [9.17, 15) is 10.1 Å². The highest BCUT2D eigenvalue weighted by Gasteiger charge is 2.12. The van der Waals surface area contributed by atoms with Crippen LogP contribution in [0.5, 0.6) is 0 Å². The third kappa shape index (κ3) is 3.76. The molecule has 0 spiro atoms. The first-order chi connectivity index (χ1) is 12.0. The Balaban J connectivity index is 2.00. The van der Waals surface area contributed by atoms with Gasteiger partial charge in [-0.15, -0.1) is 0 Å². The van der Waals surface area contributed by atoms with Crippen molar-refractivity contribution in [2.75, 3.05) is 0 Å². The number of rotatable bonds is 4. The molecule has 3 rings (SSSR count). The highest BCUT2D eigenvalue weighted by molar-refractivity contribution is 7.71. The lowest BCUT2D eigenvalue weighted by Gasteiger charge is -2.02. The van der Waals surface area contributed by atoms with E-state index in [-0.39, 0.29) is 15.5 Å². The average Bonchev–Trinajstić information content (AvgIpc) is 2.94. The highest BCUT2D eigenvalue weighted by atomic mass is 35.5. The lowest BCUT2D eigenvalue weighted by molar-refractivity contribution is -0.384. The summed E-state index contributed by atoms with van der Waals surface area (Å²) in [5.41, 5.74) is 1.02. The molecule has 25 heavy (non-hydrogen) atoms. The monoisotopic (exact) mass is 393 g/mol. The molecule has 1 N–H and O–H groups in total. The van der Waals surface area contributed by atoms with Gasteiger partial charge in [-0.1, -0.05) is 41.4 Å². The molecular weight excluding hydrogens is 385 g/mol. The molecular formula is C15H9Cl2N5O2S. The Bertz CT molecular complexity index is 1040. The van der Waals surface area contributed by atoms with Gasteiger partial charge < -0.3 is 0 Å². The number of nitrogens with zero attached hydrogens (tertiary/aromatic N) is 4. The smallest absolute Gasteiger partial charge is 0.258 e. The lowest BCUT2D eigenvalue weighted by Crippen LogP contribution is -1.96. The number of nitro benzene ring substituents is 1. The molecule has 0 aliphatic carbocycles. The standard InChI is InChI=1S/C15H9Cl2N5O2S/c16-11-3-1-2-10(7-11)14-19-20-15(25)21(14)18-8-9-4-5-12(17)13(6-9)22(23)24/h1-8H,(H,20,25)/b18-8-. The van der Waals surface area contributed by atoms with Crippen molar-refractivity contribution in [2.24, 2.45) is 5.10 Å². The van der Waals surface area contributed by atoms with Gasteiger partial charge >= 0.3 is 0 Å². The average molecular weight is 394 g/mol. The third-order valence-electron chi connectivity index (χ3n) is 3.22. The second kappa shape index (κ2) is 7.14. The number of aromatic nitrogens is 3. The normalized spacial score (nSPS) is 11.1. The Morgan fingerprint density at radius 1 is 1.28 bits per heavy atom. The number of benzene rings is 2. The Kier molecular flexibility index (Phi) is 4.93. The second-order valence-electron chi connectivity index (χ2n) is 4.89. The maximum atomic E-state index is 11.0. The number of H-pyrrole nitrogens is 1. The van der Waals surface area contributed by atoms with Crippen LogP contribution in [0.25, 0.3) is 11.4 Å². The van der Waals surface area contributed by atoms with Crippen LogP contribution in [0.4, 0.5) is 5.69 Å². The number of hydrogen-bond donors (Lipinski definition) is 1. The number of halogens is 2. The minimum Gasteiger partial charge on any atom is -0.258 e. The Hall–Kier alpha value is -2.55. The summed E-state index contributed by atoms with van der Waals surface area (Å²) < 4.78 is 1.68. The largest absolute Gasteiger partial charge is 0.288 e. The summed E-state index contributed by atoms with van der Waals surface area (Å²) in [7, 11) is 0. The molecule has 7 nitrogen and oxygen atoms in total. The summed E-state index contributed by atoms with van der Waals surface area (Å²) in [6.45, 7) is 0. The maximum Gasteiger partial charge on any atom is 0.288 e.